The zero-order chi connectivity index (χ0) is 15.1. The number of aliphatic carboxylic acids is 1. The number of nitrogens with zero attached hydrogens (tertiary/aromatic N) is 1. The predicted octanol–water partition coefficient (Wildman–Crippen LogP) is 2.03. The lowest BCUT2D eigenvalue weighted by atomic mass is 10.2. The molecule has 1 aromatic heterocycles. The number of ether oxygens (including phenoxy) is 1. The van der Waals surface area contributed by atoms with E-state index >= 15 is 0 Å². The van der Waals surface area contributed by atoms with Crippen molar-refractivity contribution in [3.63, 3.8) is 0 Å². The molecule has 1 N–H and O–H groups in total. The quantitative estimate of drug-likeness (QED) is 0.824. The lowest BCUT2D eigenvalue weighted by Gasteiger charge is -2.08. The van der Waals surface area contributed by atoms with Crippen LogP contribution in [-0.2, 0) is 11.3 Å². The Morgan fingerprint density at radius 2 is 1.81 bits per heavy atom. The maximum Gasteiger partial charge on any atom is 0.328 e. The van der Waals surface area contributed by atoms with Crippen LogP contribution in [-0.4, -0.2) is 22.2 Å². The van der Waals surface area contributed by atoms with Crippen molar-refractivity contribution in [2.24, 2.45) is 0 Å². The molecular formula is C16H15NO4. The van der Waals surface area contributed by atoms with E-state index in [-0.39, 0.29) is 5.43 Å². The van der Waals surface area contributed by atoms with E-state index in [9.17, 15) is 9.59 Å². The van der Waals surface area contributed by atoms with Crippen LogP contribution >= 0.6 is 0 Å². The molecule has 21 heavy (non-hydrogen) atoms. The normalized spacial score (nSPS) is 10.7. The fourth-order valence-electron chi connectivity index (χ4n) is 1.70. The predicted molar refractivity (Wildman–Crippen MR) is 79.3 cm³/mol. The Bertz CT molecular complexity index is 666. The van der Waals surface area contributed by atoms with Gasteiger partial charge in [-0.25, -0.2) is 4.79 Å². The number of hydrogen-bond donors (Lipinski definition) is 1. The van der Waals surface area contributed by atoms with Crippen LogP contribution in [0.15, 0.2) is 59.7 Å². The van der Waals surface area contributed by atoms with Gasteiger partial charge in [-0.3, -0.25) is 4.79 Å². The summed E-state index contributed by atoms with van der Waals surface area (Å²) in [4.78, 5) is 21.4. The highest BCUT2D eigenvalue weighted by Gasteiger charge is 1.95. The van der Waals surface area contributed by atoms with E-state index in [0.717, 1.165) is 11.6 Å². The van der Waals surface area contributed by atoms with Gasteiger partial charge in [-0.1, -0.05) is 12.1 Å². The Hall–Kier alpha value is -2.82. The van der Waals surface area contributed by atoms with E-state index in [2.05, 4.69) is 0 Å². The average Bonchev–Trinajstić information content (AvgIpc) is 2.48. The van der Waals surface area contributed by atoms with Crippen molar-refractivity contribution in [2.75, 3.05) is 6.61 Å². The molecule has 0 bridgehead atoms. The van der Waals surface area contributed by atoms with Crippen LogP contribution in [0.25, 0.3) is 6.08 Å². The van der Waals surface area contributed by atoms with Crippen LogP contribution in [0.3, 0.4) is 0 Å². The van der Waals surface area contributed by atoms with E-state index in [1.165, 1.54) is 18.2 Å². The minimum atomic E-state index is -0.976. The summed E-state index contributed by atoms with van der Waals surface area (Å²) in [5, 5.41) is 8.54. The summed E-state index contributed by atoms with van der Waals surface area (Å²) in [5.74, 6) is -0.264. The number of carboxylic acid groups (broad SMARTS) is 1. The molecule has 1 aromatic carbocycles. The second-order valence-corrected chi connectivity index (χ2v) is 4.36. The van der Waals surface area contributed by atoms with Crippen LogP contribution < -0.4 is 10.2 Å². The van der Waals surface area contributed by atoms with Crippen LogP contribution in [0.4, 0.5) is 0 Å². The van der Waals surface area contributed by atoms with Crippen molar-refractivity contribution in [1.29, 1.82) is 0 Å². The smallest absolute Gasteiger partial charge is 0.328 e. The fourth-order valence-corrected chi connectivity index (χ4v) is 1.70. The first kappa shape index (κ1) is 14.6. The molecule has 0 aliphatic heterocycles. The van der Waals surface area contributed by atoms with Crippen molar-refractivity contribution in [1.82, 2.24) is 4.57 Å². The molecule has 2 aromatic rings. The summed E-state index contributed by atoms with van der Waals surface area (Å²) in [6.45, 7) is 1.12. The van der Waals surface area contributed by atoms with Gasteiger partial charge in [0.1, 0.15) is 12.4 Å². The first-order valence-electron chi connectivity index (χ1n) is 6.43. The second kappa shape index (κ2) is 7.09. The molecule has 1 heterocycles. The van der Waals surface area contributed by atoms with Crippen LogP contribution in [0.1, 0.15) is 5.56 Å². The summed E-state index contributed by atoms with van der Waals surface area (Å²) >= 11 is 0. The summed E-state index contributed by atoms with van der Waals surface area (Å²) in [7, 11) is 0. The van der Waals surface area contributed by atoms with E-state index in [1.807, 2.05) is 4.57 Å². The maximum absolute atomic E-state index is 11.0. The lowest BCUT2D eigenvalue weighted by molar-refractivity contribution is -0.131. The van der Waals surface area contributed by atoms with Gasteiger partial charge in [-0.15, -0.1) is 0 Å². The van der Waals surface area contributed by atoms with Gasteiger partial charge in [-0.05, 0) is 23.8 Å². The monoisotopic (exact) mass is 285 g/mol. The van der Waals surface area contributed by atoms with Crippen LogP contribution in [0, 0.1) is 0 Å². The average molecular weight is 285 g/mol. The number of aromatic nitrogens is 1. The Labute approximate surface area is 121 Å². The number of benzene rings is 1. The first-order valence-corrected chi connectivity index (χ1v) is 6.43. The number of pyridine rings is 1. The van der Waals surface area contributed by atoms with Gasteiger partial charge in [0.15, 0.2) is 5.43 Å². The summed E-state index contributed by atoms with van der Waals surface area (Å²) in [6, 6.07) is 10.1. The third kappa shape index (κ3) is 4.99. The van der Waals surface area contributed by atoms with Crippen molar-refractivity contribution in [2.45, 2.75) is 6.54 Å². The van der Waals surface area contributed by atoms with Crippen molar-refractivity contribution >= 4 is 12.0 Å². The molecule has 0 aliphatic rings. The van der Waals surface area contributed by atoms with Gasteiger partial charge in [0, 0.05) is 30.6 Å². The Morgan fingerprint density at radius 3 is 2.43 bits per heavy atom. The molecule has 0 saturated carbocycles. The lowest BCUT2D eigenvalue weighted by Crippen LogP contribution is -2.10. The topological polar surface area (TPSA) is 68.5 Å². The SMILES string of the molecule is O=C(O)C=Cc1ccc(OCCn2ccc(=O)cc2)cc1. The Morgan fingerprint density at radius 1 is 1.14 bits per heavy atom. The summed E-state index contributed by atoms with van der Waals surface area (Å²) in [6.07, 6.45) is 6.04. The highest BCUT2D eigenvalue weighted by molar-refractivity contribution is 5.85. The zero-order valence-electron chi connectivity index (χ0n) is 11.3. The van der Waals surface area contributed by atoms with E-state index in [4.69, 9.17) is 9.84 Å². The van der Waals surface area contributed by atoms with Gasteiger partial charge < -0.3 is 14.4 Å². The highest BCUT2D eigenvalue weighted by atomic mass is 16.5. The number of carbonyl (C=O) groups is 1. The summed E-state index contributed by atoms with van der Waals surface area (Å²) in [5.41, 5.74) is 0.780. The minimum Gasteiger partial charge on any atom is -0.492 e. The third-order valence-electron chi connectivity index (χ3n) is 2.78. The van der Waals surface area contributed by atoms with Gasteiger partial charge in [0.05, 0.1) is 6.54 Å². The maximum atomic E-state index is 11.0. The second-order valence-electron chi connectivity index (χ2n) is 4.36. The molecule has 5 nitrogen and oxygen atoms in total. The van der Waals surface area contributed by atoms with Crippen molar-refractivity contribution in [3.05, 3.63) is 70.7 Å². The molecule has 5 heteroatoms. The van der Waals surface area contributed by atoms with Gasteiger partial charge >= 0.3 is 5.97 Å². The van der Waals surface area contributed by atoms with Crippen molar-refractivity contribution < 1.29 is 14.6 Å². The molecule has 0 aliphatic carbocycles. The molecule has 0 saturated heterocycles. The molecule has 108 valence electrons. The highest BCUT2D eigenvalue weighted by Crippen LogP contribution is 2.13. The first-order chi connectivity index (χ1) is 10.1. The van der Waals surface area contributed by atoms with Crippen molar-refractivity contribution in [3.8, 4) is 5.75 Å². The number of rotatable bonds is 6. The number of carboxylic acids is 1. The molecule has 0 unspecified atom stereocenters. The van der Waals surface area contributed by atoms with Crippen LogP contribution in [0.5, 0.6) is 5.75 Å². The van der Waals surface area contributed by atoms with Gasteiger partial charge in [0.2, 0.25) is 0 Å². The van der Waals surface area contributed by atoms with Crippen LogP contribution in [0.2, 0.25) is 0 Å². The molecule has 2 rings (SSSR count). The Kier molecular flexibility index (Phi) is 4.93. The molecule has 0 radical (unpaired) electrons. The van der Waals surface area contributed by atoms with E-state index < -0.39 is 5.97 Å². The standard InChI is InChI=1S/C16H15NO4/c18-14-7-9-17(10-8-14)11-12-21-15-4-1-13(2-5-15)3-6-16(19)20/h1-10H,11-12H2,(H,19,20). The largest absolute Gasteiger partial charge is 0.492 e. The summed E-state index contributed by atoms with van der Waals surface area (Å²) < 4.78 is 7.45. The van der Waals surface area contributed by atoms with Gasteiger partial charge in [-0.2, -0.15) is 0 Å². The fraction of sp³-hybridized carbons (Fsp3) is 0.125. The van der Waals surface area contributed by atoms with E-state index in [0.29, 0.717) is 18.9 Å². The molecule has 0 amide bonds. The number of hydrogen-bond acceptors (Lipinski definition) is 3. The Balaban J connectivity index is 1.84. The van der Waals surface area contributed by atoms with Gasteiger partial charge in [0.25, 0.3) is 0 Å². The van der Waals surface area contributed by atoms with E-state index in [1.54, 1.807) is 36.7 Å². The molecule has 0 fully saturated rings. The molecular weight excluding hydrogens is 270 g/mol. The zero-order valence-corrected chi connectivity index (χ0v) is 11.3. The molecule has 0 atom stereocenters. The minimum absolute atomic E-state index is 0.0165. The third-order valence-corrected chi connectivity index (χ3v) is 2.78. The molecule has 0 spiro atoms.